The van der Waals surface area contributed by atoms with Crippen LogP contribution in [-0.4, -0.2) is 17.6 Å². The van der Waals surface area contributed by atoms with Crippen molar-refractivity contribution < 1.29 is 14.3 Å². The van der Waals surface area contributed by atoms with E-state index in [0.29, 0.717) is 29.5 Å². The zero-order chi connectivity index (χ0) is 22.3. The summed E-state index contributed by atoms with van der Waals surface area (Å²) < 4.78 is 11.3. The van der Waals surface area contributed by atoms with Crippen molar-refractivity contribution in [2.75, 3.05) is 6.61 Å². The molecule has 0 spiro atoms. The minimum atomic E-state index is -0.348. The summed E-state index contributed by atoms with van der Waals surface area (Å²) >= 11 is 6.35. The fourth-order valence-corrected chi connectivity index (χ4v) is 3.63. The summed E-state index contributed by atoms with van der Waals surface area (Å²) in [6.07, 6.45) is 3.51. The molecule has 0 aliphatic heterocycles. The first-order valence-corrected chi connectivity index (χ1v) is 10.7. The second-order valence-corrected chi connectivity index (χ2v) is 7.57. The summed E-state index contributed by atoms with van der Waals surface area (Å²) in [5.41, 5.74) is 5.05. The van der Waals surface area contributed by atoms with Crippen LogP contribution in [0.15, 0.2) is 91.3 Å². The summed E-state index contributed by atoms with van der Waals surface area (Å²) in [5, 5.41) is 0.599. The van der Waals surface area contributed by atoms with Gasteiger partial charge in [0.05, 0.1) is 12.2 Å². The summed E-state index contributed by atoms with van der Waals surface area (Å²) in [5.74, 6) is 0.355. The van der Waals surface area contributed by atoms with Crippen molar-refractivity contribution in [2.45, 2.75) is 13.5 Å². The van der Waals surface area contributed by atoms with Gasteiger partial charge in [-0.05, 0) is 60.0 Å². The first-order chi connectivity index (χ1) is 15.7. The van der Waals surface area contributed by atoms with Gasteiger partial charge in [-0.2, -0.15) is 0 Å². The molecular formula is C27H22ClNO3. The molecule has 0 bridgehead atoms. The lowest BCUT2D eigenvalue weighted by atomic mass is 9.95. The lowest BCUT2D eigenvalue weighted by Gasteiger charge is -2.15. The second kappa shape index (κ2) is 10.1. The number of esters is 1. The molecule has 4 aromatic rings. The molecule has 0 atom stereocenters. The summed E-state index contributed by atoms with van der Waals surface area (Å²) in [6.45, 7) is 2.55. The minimum Gasteiger partial charge on any atom is -0.488 e. The van der Waals surface area contributed by atoms with E-state index in [-0.39, 0.29) is 5.97 Å². The SMILES string of the molecule is CCOC(=O)c1cccc(-c2ccncc2-c2cc(Cl)ccc2OCc2ccccc2)c1. The molecule has 160 valence electrons. The maximum Gasteiger partial charge on any atom is 0.338 e. The minimum absolute atomic E-state index is 0.328. The van der Waals surface area contributed by atoms with Crippen molar-refractivity contribution in [3.63, 3.8) is 0 Å². The molecule has 0 N–H and O–H groups in total. The van der Waals surface area contributed by atoms with Gasteiger partial charge >= 0.3 is 5.97 Å². The second-order valence-electron chi connectivity index (χ2n) is 7.14. The molecule has 1 heterocycles. The Morgan fingerprint density at radius 3 is 2.56 bits per heavy atom. The molecule has 0 saturated heterocycles. The van der Waals surface area contributed by atoms with Gasteiger partial charge in [-0.1, -0.05) is 54.1 Å². The molecule has 0 unspecified atom stereocenters. The number of carbonyl (C=O) groups excluding carboxylic acids is 1. The number of hydrogen-bond acceptors (Lipinski definition) is 4. The van der Waals surface area contributed by atoms with E-state index in [1.54, 1.807) is 25.4 Å². The number of aromatic nitrogens is 1. The standard InChI is InChI=1S/C27H22ClNO3/c1-2-31-27(30)21-10-6-9-20(15-21)23-13-14-29-17-25(23)24-16-22(28)11-12-26(24)32-18-19-7-4-3-5-8-19/h3-17H,2,18H2,1H3. The summed E-state index contributed by atoms with van der Waals surface area (Å²) in [7, 11) is 0. The van der Waals surface area contributed by atoms with E-state index in [1.807, 2.05) is 72.8 Å². The van der Waals surface area contributed by atoms with Crippen molar-refractivity contribution in [2.24, 2.45) is 0 Å². The Labute approximate surface area is 192 Å². The van der Waals surface area contributed by atoms with Crippen LogP contribution in [0.2, 0.25) is 5.02 Å². The molecule has 32 heavy (non-hydrogen) atoms. The van der Waals surface area contributed by atoms with Crippen LogP contribution in [0.4, 0.5) is 0 Å². The average molecular weight is 444 g/mol. The van der Waals surface area contributed by atoms with Crippen LogP contribution < -0.4 is 4.74 Å². The van der Waals surface area contributed by atoms with E-state index in [1.165, 1.54) is 0 Å². The smallest absolute Gasteiger partial charge is 0.338 e. The molecule has 0 aliphatic rings. The van der Waals surface area contributed by atoms with Crippen molar-refractivity contribution in [1.82, 2.24) is 4.98 Å². The van der Waals surface area contributed by atoms with Crippen molar-refractivity contribution >= 4 is 17.6 Å². The lowest BCUT2D eigenvalue weighted by Crippen LogP contribution is -2.04. The van der Waals surface area contributed by atoms with Crippen molar-refractivity contribution in [3.8, 4) is 28.0 Å². The molecule has 5 heteroatoms. The van der Waals surface area contributed by atoms with E-state index in [0.717, 1.165) is 27.8 Å². The van der Waals surface area contributed by atoms with Crippen LogP contribution in [0.1, 0.15) is 22.8 Å². The van der Waals surface area contributed by atoms with Gasteiger partial charge in [-0.15, -0.1) is 0 Å². The average Bonchev–Trinajstić information content (AvgIpc) is 2.84. The highest BCUT2D eigenvalue weighted by Crippen LogP contribution is 2.38. The molecule has 4 rings (SSSR count). The molecule has 0 radical (unpaired) electrons. The van der Waals surface area contributed by atoms with Gasteiger partial charge in [0.1, 0.15) is 12.4 Å². The van der Waals surface area contributed by atoms with E-state index in [9.17, 15) is 4.79 Å². The number of pyridine rings is 1. The molecule has 0 saturated carbocycles. The first-order valence-electron chi connectivity index (χ1n) is 10.3. The lowest BCUT2D eigenvalue weighted by molar-refractivity contribution is 0.0526. The van der Waals surface area contributed by atoms with Gasteiger partial charge in [0.2, 0.25) is 0 Å². The third-order valence-electron chi connectivity index (χ3n) is 4.97. The molecule has 0 fully saturated rings. The van der Waals surface area contributed by atoms with Crippen LogP contribution in [0, 0.1) is 0 Å². The third kappa shape index (κ3) is 4.98. The Hall–Kier alpha value is -3.63. The largest absolute Gasteiger partial charge is 0.488 e. The topological polar surface area (TPSA) is 48.4 Å². The van der Waals surface area contributed by atoms with Crippen LogP contribution in [0.5, 0.6) is 5.75 Å². The van der Waals surface area contributed by atoms with Gasteiger partial charge in [0, 0.05) is 28.5 Å². The Morgan fingerprint density at radius 1 is 0.906 bits per heavy atom. The maximum absolute atomic E-state index is 12.2. The van der Waals surface area contributed by atoms with E-state index in [2.05, 4.69) is 4.98 Å². The number of nitrogens with zero attached hydrogens (tertiary/aromatic N) is 1. The number of benzene rings is 3. The molecule has 0 amide bonds. The van der Waals surface area contributed by atoms with Crippen molar-refractivity contribution in [3.05, 3.63) is 107 Å². The fraction of sp³-hybridized carbons (Fsp3) is 0.111. The van der Waals surface area contributed by atoms with E-state index >= 15 is 0 Å². The normalized spacial score (nSPS) is 10.6. The zero-order valence-electron chi connectivity index (χ0n) is 17.6. The zero-order valence-corrected chi connectivity index (χ0v) is 18.4. The van der Waals surface area contributed by atoms with Gasteiger partial charge in [0.25, 0.3) is 0 Å². The van der Waals surface area contributed by atoms with Crippen LogP contribution in [0.25, 0.3) is 22.3 Å². The van der Waals surface area contributed by atoms with Gasteiger partial charge in [-0.3, -0.25) is 4.98 Å². The highest BCUT2D eigenvalue weighted by Gasteiger charge is 2.15. The highest BCUT2D eigenvalue weighted by atomic mass is 35.5. The van der Waals surface area contributed by atoms with E-state index < -0.39 is 0 Å². The fourth-order valence-electron chi connectivity index (χ4n) is 3.46. The number of carbonyl (C=O) groups is 1. The predicted molar refractivity (Wildman–Crippen MR) is 127 cm³/mol. The highest BCUT2D eigenvalue weighted by molar-refractivity contribution is 6.31. The third-order valence-corrected chi connectivity index (χ3v) is 5.21. The van der Waals surface area contributed by atoms with E-state index in [4.69, 9.17) is 21.1 Å². The molecule has 3 aromatic carbocycles. The van der Waals surface area contributed by atoms with Crippen LogP contribution in [0.3, 0.4) is 0 Å². The predicted octanol–water partition coefficient (Wildman–Crippen LogP) is 6.82. The molecular weight excluding hydrogens is 422 g/mol. The summed E-state index contributed by atoms with van der Waals surface area (Å²) in [4.78, 5) is 16.6. The number of hydrogen-bond donors (Lipinski definition) is 0. The number of rotatable bonds is 7. The van der Waals surface area contributed by atoms with Gasteiger partial charge in [0.15, 0.2) is 0 Å². The van der Waals surface area contributed by atoms with Crippen LogP contribution >= 0.6 is 11.6 Å². The molecule has 4 nitrogen and oxygen atoms in total. The summed E-state index contributed by atoms with van der Waals surface area (Å²) in [6, 6.07) is 24.8. The number of ether oxygens (including phenoxy) is 2. The Balaban J connectivity index is 1.74. The van der Waals surface area contributed by atoms with Gasteiger partial charge in [-0.25, -0.2) is 4.79 Å². The number of halogens is 1. The Morgan fingerprint density at radius 2 is 1.75 bits per heavy atom. The van der Waals surface area contributed by atoms with Crippen molar-refractivity contribution in [1.29, 1.82) is 0 Å². The maximum atomic E-state index is 12.2. The molecule has 1 aromatic heterocycles. The molecule has 0 aliphatic carbocycles. The Bertz CT molecular complexity index is 1220. The quantitative estimate of drug-likeness (QED) is 0.294. The first kappa shape index (κ1) is 21.6. The monoisotopic (exact) mass is 443 g/mol. The van der Waals surface area contributed by atoms with Crippen LogP contribution in [-0.2, 0) is 11.3 Å². The Kier molecular flexibility index (Phi) is 6.83. The van der Waals surface area contributed by atoms with Gasteiger partial charge < -0.3 is 9.47 Å².